The summed E-state index contributed by atoms with van der Waals surface area (Å²) in [5.74, 6) is -1.07. The number of hydrogen-bond donors (Lipinski definition) is 0. The highest BCUT2D eigenvalue weighted by Gasteiger charge is 2.34. The molecule has 112 valence electrons. The number of rotatable bonds is 3. The zero-order chi connectivity index (χ0) is 15.5. The van der Waals surface area contributed by atoms with Gasteiger partial charge in [0.2, 0.25) is 11.8 Å². The molecular weight excluding hydrogens is 282 g/mol. The molecule has 0 N–H and O–H groups in total. The molecule has 6 nitrogen and oxygen atoms in total. The number of carbonyl (C=O) groups excluding carboxylic acids is 3. The SMILES string of the molecule is O=C1CC(c2ccccc2)CC(=O)N1CC(=O)n1ccnc1. The first-order valence-electron chi connectivity index (χ1n) is 7.04. The van der Waals surface area contributed by atoms with Crippen molar-refractivity contribution in [1.29, 1.82) is 0 Å². The summed E-state index contributed by atoms with van der Waals surface area (Å²) in [6, 6.07) is 9.50. The minimum Gasteiger partial charge on any atom is -0.275 e. The second-order valence-electron chi connectivity index (χ2n) is 5.25. The maximum atomic E-state index is 12.2. The van der Waals surface area contributed by atoms with E-state index < -0.39 is 0 Å². The number of carbonyl (C=O) groups is 3. The maximum absolute atomic E-state index is 12.2. The van der Waals surface area contributed by atoms with E-state index in [4.69, 9.17) is 0 Å². The van der Waals surface area contributed by atoms with Gasteiger partial charge in [-0.3, -0.25) is 23.9 Å². The van der Waals surface area contributed by atoms with Crippen LogP contribution in [-0.2, 0) is 9.59 Å². The summed E-state index contributed by atoms with van der Waals surface area (Å²) in [5.41, 5.74) is 0.977. The molecule has 1 aliphatic rings. The van der Waals surface area contributed by atoms with E-state index in [1.54, 1.807) is 0 Å². The molecule has 0 saturated carbocycles. The molecule has 22 heavy (non-hydrogen) atoms. The lowest BCUT2D eigenvalue weighted by Crippen LogP contribution is -2.46. The van der Waals surface area contributed by atoms with E-state index >= 15 is 0 Å². The van der Waals surface area contributed by atoms with E-state index in [1.807, 2.05) is 30.3 Å². The monoisotopic (exact) mass is 297 g/mol. The fraction of sp³-hybridized carbons (Fsp3) is 0.250. The Hall–Kier alpha value is -2.76. The predicted molar refractivity (Wildman–Crippen MR) is 78.0 cm³/mol. The van der Waals surface area contributed by atoms with Crippen LogP contribution in [0.25, 0.3) is 0 Å². The molecule has 2 amide bonds. The Morgan fingerprint density at radius 1 is 1.14 bits per heavy atom. The Morgan fingerprint density at radius 3 is 2.41 bits per heavy atom. The molecule has 2 heterocycles. The van der Waals surface area contributed by atoms with E-state index in [0.717, 1.165) is 10.5 Å². The molecule has 0 unspecified atom stereocenters. The molecule has 1 aliphatic heterocycles. The number of aromatic nitrogens is 2. The predicted octanol–water partition coefficient (Wildman–Crippen LogP) is 1.46. The molecule has 1 aromatic carbocycles. The van der Waals surface area contributed by atoms with Crippen molar-refractivity contribution in [3.63, 3.8) is 0 Å². The van der Waals surface area contributed by atoms with E-state index in [9.17, 15) is 14.4 Å². The number of likely N-dealkylation sites (tertiary alicyclic amines) is 1. The molecule has 1 saturated heterocycles. The van der Waals surface area contributed by atoms with Gasteiger partial charge in [0.15, 0.2) is 0 Å². The first kappa shape index (κ1) is 14.2. The molecule has 0 spiro atoms. The smallest absolute Gasteiger partial charge is 0.251 e. The highest BCUT2D eigenvalue weighted by molar-refractivity contribution is 6.02. The number of imide groups is 1. The van der Waals surface area contributed by atoms with Crippen molar-refractivity contribution < 1.29 is 14.4 Å². The van der Waals surface area contributed by atoms with Crippen molar-refractivity contribution in [1.82, 2.24) is 14.5 Å². The Kier molecular flexibility index (Phi) is 3.82. The quantitative estimate of drug-likeness (QED) is 0.804. The fourth-order valence-electron chi connectivity index (χ4n) is 2.61. The van der Waals surface area contributed by atoms with Crippen molar-refractivity contribution >= 4 is 17.7 Å². The second kappa shape index (κ2) is 5.93. The third-order valence-electron chi connectivity index (χ3n) is 3.80. The number of imidazole rings is 1. The molecule has 3 rings (SSSR count). The standard InChI is InChI=1S/C16H15N3O3/c20-14-8-13(12-4-2-1-3-5-12)9-15(21)19(14)10-16(22)18-7-6-17-11-18/h1-7,11,13H,8-10H2. The zero-order valence-electron chi connectivity index (χ0n) is 11.9. The summed E-state index contributed by atoms with van der Waals surface area (Å²) in [5, 5.41) is 0. The van der Waals surface area contributed by atoms with E-state index in [1.165, 1.54) is 23.3 Å². The van der Waals surface area contributed by atoms with Crippen molar-refractivity contribution in [3.05, 3.63) is 54.6 Å². The van der Waals surface area contributed by atoms with Gasteiger partial charge in [0.1, 0.15) is 12.9 Å². The molecule has 1 aromatic heterocycles. The molecule has 0 aliphatic carbocycles. The summed E-state index contributed by atoms with van der Waals surface area (Å²) in [4.78, 5) is 41.3. The molecule has 1 fully saturated rings. The van der Waals surface area contributed by atoms with Gasteiger partial charge in [-0.25, -0.2) is 4.98 Å². The average molecular weight is 297 g/mol. The summed E-state index contributed by atoms with van der Waals surface area (Å²) in [6.07, 6.45) is 4.81. The lowest BCUT2D eigenvalue weighted by Gasteiger charge is -2.29. The van der Waals surface area contributed by atoms with Crippen LogP contribution in [0.1, 0.15) is 29.1 Å². The van der Waals surface area contributed by atoms with Gasteiger partial charge in [-0.1, -0.05) is 30.3 Å². The molecule has 0 atom stereocenters. The Morgan fingerprint density at radius 2 is 1.82 bits per heavy atom. The third kappa shape index (κ3) is 2.81. The van der Waals surface area contributed by atoms with E-state index in [-0.39, 0.29) is 43.0 Å². The number of piperidine rings is 1. The van der Waals surface area contributed by atoms with E-state index in [0.29, 0.717) is 0 Å². The van der Waals surface area contributed by atoms with Gasteiger partial charge in [-0.15, -0.1) is 0 Å². The van der Waals surface area contributed by atoms with Crippen LogP contribution in [0.5, 0.6) is 0 Å². The van der Waals surface area contributed by atoms with Crippen molar-refractivity contribution in [2.75, 3.05) is 6.54 Å². The Bertz CT molecular complexity index is 677. The molecule has 6 heteroatoms. The molecule has 0 radical (unpaired) electrons. The highest BCUT2D eigenvalue weighted by atomic mass is 16.2. The van der Waals surface area contributed by atoms with Crippen molar-refractivity contribution in [2.24, 2.45) is 0 Å². The summed E-state index contributed by atoms with van der Waals surface area (Å²) in [6.45, 7) is -0.241. The van der Waals surface area contributed by atoms with Crippen LogP contribution in [0.15, 0.2) is 49.1 Å². The average Bonchev–Trinajstić information content (AvgIpc) is 3.06. The Balaban J connectivity index is 1.70. The van der Waals surface area contributed by atoms with Gasteiger partial charge in [0.25, 0.3) is 5.91 Å². The first-order chi connectivity index (χ1) is 10.6. The van der Waals surface area contributed by atoms with Crippen LogP contribution in [0.2, 0.25) is 0 Å². The van der Waals surface area contributed by atoms with E-state index in [2.05, 4.69) is 4.98 Å². The van der Waals surface area contributed by atoms with Crippen molar-refractivity contribution in [2.45, 2.75) is 18.8 Å². The van der Waals surface area contributed by atoms with Crippen LogP contribution in [0, 0.1) is 0 Å². The molecule has 2 aromatic rings. The van der Waals surface area contributed by atoms with Gasteiger partial charge >= 0.3 is 0 Å². The topological polar surface area (TPSA) is 72.3 Å². The van der Waals surface area contributed by atoms with Gasteiger partial charge < -0.3 is 0 Å². The summed E-state index contributed by atoms with van der Waals surface area (Å²) < 4.78 is 1.27. The molecule has 0 bridgehead atoms. The van der Waals surface area contributed by atoms with Gasteiger partial charge in [-0.2, -0.15) is 0 Å². The van der Waals surface area contributed by atoms with Crippen molar-refractivity contribution in [3.8, 4) is 0 Å². The van der Waals surface area contributed by atoms with Crippen LogP contribution >= 0.6 is 0 Å². The normalized spacial score (nSPS) is 16.1. The molecular formula is C16H15N3O3. The minimum atomic E-state index is -0.350. The number of hydrogen-bond acceptors (Lipinski definition) is 4. The number of nitrogens with zero attached hydrogens (tertiary/aromatic N) is 3. The third-order valence-corrected chi connectivity index (χ3v) is 3.80. The van der Waals surface area contributed by atoms with Gasteiger partial charge in [-0.05, 0) is 5.56 Å². The maximum Gasteiger partial charge on any atom is 0.251 e. The highest BCUT2D eigenvalue weighted by Crippen LogP contribution is 2.29. The lowest BCUT2D eigenvalue weighted by atomic mass is 9.88. The van der Waals surface area contributed by atoms with Crippen LogP contribution < -0.4 is 0 Å². The van der Waals surface area contributed by atoms with Gasteiger partial charge in [0, 0.05) is 31.2 Å². The van der Waals surface area contributed by atoms with Crippen LogP contribution in [0.3, 0.4) is 0 Å². The van der Waals surface area contributed by atoms with Crippen LogP contribution in [0.4, 0.5) is 0 Å². The van der Waals surface area contributed by atoms with Crippen LogP contribution in [-0.4, -0.2) is 38.7 Å². The zero-order valence-corrected chi connectivity index (χ0v) is 11.9. The number of amides is 2. The number of benzene rings is 1. The first-order valence-corrected chi connectivity index (χ1v) is 7.04. The largest absolute Gasteiger partial charge is 0.275 e. The fourth-order valence-corrected chi connectivity index (χ4v) is 2.61. The minimum absolute atomic E-state index is 0.110. The summed E-state index contributed by atoms with van der Waals surface area (Å²) in [7, 11) is 0. The summed E-state index contributed by atoms with van der Waals surface area (Å²) >= 11 is 0. The Labute approximate surface area is 127 Å². The second-order valence-corrected chi connectivity index (χ2v) is 5.25. The lowest BCUT2D eigenvalue weighted by molar-refractivity contribution is -0.148. The van der Waals surface area contributed by atoms with Gasteiger partial charge in [0.05, 0.1) is 0 Å².